The molecular weight excluding hydrogens is 358 g/mol. The molecule has 0 saturated heterocycles. The van der Waals surface area contributed by atoms with Crippen molar-refractivity contribution in [1.29, 1.82) is 0 Å². The van der Waals surface area contributed by atoms with Crippen LogP contribution in [0.2, 0.25) is 0 Å². The lowest BCUT2D eigenvalue weighted by Crippen LogP contribution is -2.32. The summed E-state index contributed by atoms with van der Waals surface area (Å²) < 4.78 is 15.1. The lowest BCUT2D eigenvalue weighted by Gasteiger charge is -2.13. The monoisotopic (exact) mass is 375 g/mol. The molecule has 0 aliphatic carbocycles. The predicted octanol–water partition coefficient (Wildman–Crippen LogP) is 2.59. The van der Waals surface area contributed by atoms with Crippen LogP contribution in [0.15, 0.2) is 23.6 Å². The Morgan fingerprint density at radius 3 is 2.46 bits per heavy atom. The molecule has 7 nitrogen and oxygen atoms in total. The minimum absolute atomic E-state index is 0.00490. The molecule has 0 bridgehead atoms. The van der Waals surface area contributed by atoms with Crippen LogP contribution < -0.4 is 9.47 Å². The summed E-state index contributed by atoms with van der Waals surface area (Å²) in [5.74, 6) is -0.157. The average Bonchev–Trinajstić information content (AvgIpc) is 3.20. The molecule has 0 radical (unpaired) electrons. The zero-order chi connectivity index (χ0) is 18.8. The van der Waals surface area contributed by atoms with E-state index in [4.69, 9.17) is 9.47 Å². The van der Waals surface area contributed by atoms with Crippen molar-refractivity contribution in [2.24, 2.45) is 0 Å². The number of benzene rings is 1. The summed E-state index contributed by atoms with van der Waals surface area (Å²) in [7, 11) is 4.34. The molecule has 0 unspecified atom stereocenters. The standard InChI is InChI=1S/C18H17NO6S/c1-23-12-5-4-10(8-13(12)24-2)16-15-11(9-26-16)17(21)19(18(15)22)7-6-14(20)25-3/h4-5,8-9H,6-7H2,1-3H3. The highest BCUT2D eigenvalue weighted by molar-refractivity contribution is 7.14. The first-order valence-corrected chi connectivity index (χ1v) is 8.66. The Hall–Kier alpha value is -2.87. The highest BCUT2D eigenvalue weighted by atomic mass is 32.1. The van der Waals surface area contributed by atoms with Crippen LogP contribution in [0.4, 0.5) is 0 Å². The maximum Gasteiger partial charge on any atom is 0.307 e. The molecule has 0 spiro atoms. The summed E-state index contributed by atoms with van der Waals surface area (Å²) in [6.07, 6.45) is -0.0344. The van der Waals surface area contributed by atoms with E-state index in [9.17, 15) is 14.4 Å². The zero-order valence-corrected chi connectivity index (χ0v) is 15.3. The number of nitrogens with zero attached hydrogens (tertiary/aromatic N) is 1. The van der Waals surface area contributed by atoms with Crippen molar-refractivity contribution >= 4 is 29.1 Å². The van der Waals surface area contributed by atoms with E-state index in [2.05, 4.69) is 4.74 Å². The second-order valence-corrected chi connectivity index (χ2v) is 6.39. The molecule has 2 heterocycles. The van der Waals surface area contributed by atoms with Gasteiger partial charge in [-0.1, -0.05) is 0 Å². The SMILES string of the molecule is COC(=O)CCN1C(=O)c2csc(-c3ccc(OC)c(OC)c3)c2C1=O. The van der Waals surface area contributed by atoms with Crippen LogP contribution in [0, 0.1) is 0 Å². The number of rotatable bonds is 6. The van der Waals surface area contributed by atoms with Crippen molar-refractivity contribution in [2.75, 3.05) is 27.9 Å². The number of amides is 2. The van der Waals surface area contributed by atoms with Crippen molar-refractivity contribution in [3.05, 3.63) is 34.7 Å². The predicted molar refractivity (Wildman–Crippen MR) is 94.9 cm³/mol. The van der Waals surface area contributed by atoms with Crippen molar-refractivity contribution in [3.63, 3.8) is 0 Å². The molecule has 2 aromatic rings. The molecule has 1 aliphatic heterocycles. The van der Waals surface area contributed by atoms with Gasteiger partial charge in [-0.15, -0.1) is 11.3 Å². The van der Waals surface area contributed by atoms with E-state index in [1.54, 1.807) is 24.6 Å². The molecule has 0 atom stereocenters. The number of carbonyl (C=O) groups excluding carboxylic acids is 3. The van der Waals surface area contributed by atoms with Crippen molar-refractivity contribution in [1.82, 2.24) is 4.90 Å². The summed E-state index contributed by atoms with van der Waals surface area (Å²) in [6.45, 7) is -0.00490. The third kappa shape index (κ3) is 2.92. The molecule has 1 aliphatic rings. The van der Waals surface area contributed by atoms with E-state index in [1.165, 1.54) is 25.6 Å². The van der Waals surface area contributed by atoms with Gasteiger partial charge >= 0.3 is 5.97 Å². The van der Waals surface area contributed by atoms with Crippen LogP contribution in [0.1, 0.15) is 27.1 Å². The number of hydrogen-bond acceptors (Lipinski definition) is 7. The van der Waals surface area contributed by atoms with E-state index in [0.29, 0.717) is 27.5 Å². The fraction of sp³-hybridized carbons (Fsp3) is 0.278. The van der Waals surface area contributed by atoms with E-state index >= 15 is 0 Å². The Balaban J connectivity index is 1.94. The Labute approximate surface area is 154 Å². The van der Waals surface area contributed by atoms with Crippen LogP contribution in [0.3, 0.4) is 0 Å². The zero-order valence-electron chi connectivity index (χ0n) is 14.5. The average molecular weight is 375 g/mol. The number of fused-ring (bicyclic) bond motifs is 1. The van der Waals surface area contributed by atoms with Crippen LogP contribution in [-0.2, 0) is 9.53 Å². The maximum absolute atomic E-state index is 12.7. The smallest absolute Gasteiger partial charge is 0.307 e. The molecule has 0 N–H and O–H groups in total. The van der Waals surface area contributed by atoms with Gasteiger partial charge in [0.1, 0.15) is 0 Å². The highest BCUT2D eigenvalue weighted by Crippen LogP contribution is 2.41. The molecule has 26 heavy (non-hydrogen) atoms. The molecule has 0 fully saturated rings. The van der Waals surface area contributed by atoms with Crippen molar-refractivity contribution < 1.29 is 28.6 Å². The van der Waals surface area contributed by atoms with E-state index in [-0.39, 0.29) is 13.0 Å². The highest BCUT2D eigenvalue weighted by Gasteiger charge is 2.39. The van der Waals surface area contributed by atoms with E-state index in [1.807, 2.05) is 6.07 Å². The van der Waals surface area contributed by atoms with E-state index < -0.39 is 17.8 Å². The summed E-state index contributed by atoms with van der Waals surface area (Å²) in [5.41, 5.74) is 1.47. The third-order valence-electron chi connectivity index (χ3n) is 4.14. The number of hydrogen-bond donors (Lipinski definition) is 0. The molecule has 2 amide bonds. The summed E-state index contributed by atoms with van der Waals surface area (Å²) in [6, 6.07) is 5.32. The number of thiophene rings is 1. The third-order valence-corrected chi connectivity index (χ3v) is 5.17. The van der Waals surface area contributed by atoms with Gasteiger partial charge in [0.25, 0.3) is 11.8 Å². The van der Waals surface area contributed by atoms with Crippen LogP contribution in [-0.4, -0.2) is 50.6 Å². The van der Waals surface area contributed by atoms with Gasteiger partial charge in [0.2, 0.25) is 0 Å². The first-order chi connectivity index (χ1) is 12.5. The lowest BCUT2D eigenvalue weighted by atomic mass is 10.1. The molecule has 8 heteroatoms. The first kappa shape index (κ1) is 17.9. The fourth-order valence-electron chi connectivity index (χ4n) is 2.80. The molecule has 3 rings (SSSR count). The molecule has 0 saturated carbocycles. The number of ether oxygens (including phenoxy) is 3. The van der Waals surface area contributed by atoms with E-state index in [0.717, 1.165) is 10.5 Å². The second kappa shape index (κ2) is 7.17. The maximum atomic E-state index is 12.7. The summed E-state index contributed by atoms with van der Waals surface area (Å²) in [5, 5.41) is 1.67. The van der Waals surface area contributed by atoms with Gasteiger partial charge in [-0.25, -0.2) is 0 Å². The molecule has 136 valence electrons. The molecular formula is C18H17NO6S. The number of imide groups is 1. The minimum atomic E-state index is -0.472. The number of methoxy groups -OCH3 is 3. The topological polar surface area (TPSA) is 82.1 Å². The Morgan fingerprint density at radius 2 is 1.81 bits per heavy atom. The normalized spacial score (nSPS) is 13.0. The summed E-state index contributed by atoms with van der Waals surface area (Å²) in [4.78, 5) is 38.3. The lowest BCUT2D eigenvalue weighted by molar-refractivity contribution is -0.140. The Bertz CT molecular complexity index is 888. The van der Waals surface area contributed by atoms with Crippen molar-refractivity contribution in [2.45, 2.75) is 6.42 Å². The number of carbonyl (C=O) groups is 3. The first-order valence-electron chi connectivity index (χ1n) is 7.78. The van der Waals surface area contributed by atoms with Crippen molar-refractivity contribution in [3.8, 4) is 21.9 Å². The molecule has 1 aromatic heterocycles. The van der Waals surface area contributed by atoms with Gasteiger partial charge in [-0.2, -0.15) is 0 Å². The van der Waals surface area contributed by atoms with Gasteiger partial charge < -0.3 is 14.2 Å². The van der Waals surface area contributed by atoms with Gasteiger partial charge in [-0.05, 0) is 23.8 Å². The Kier molecular flexibility index (Phi) is 4.94. The number of esters is 1. The quantitative estimate of drug-likeness (QED) is 0.570. The van der Waals surface area contributed by atoms with Crippen LogP contribution in [0.5, 0.6) is 11.5 Å². The summed E-state index contributed by atoms with van der Waals surface area (Å²) >= 11 is 1.32. The van der Waals surface area contributed by atoms with Gasteiger partial charge in [0.05, 0.1) is 38.9 Å². The Morgan fingerprint density at radius 1 is 1.08 bits per heavy atom. The van der Waals surface area contributed by atoms with Crippen LogP contribution in [0.25, 0.3) is 10.4 Å². The van der Waals surface area contributed by atoms with Crippen LogP contribution >= 0.6 is 11.3 Å². The second-order valence-electron chi connectivity index (χ2n) is 5.51. The van der Waals surface area contributed by atoms with Gasteiger partial charge in [-0.3, -0.25) is 19.3 Å². The van der Waals surface area contributed by atoms with Gasteiger partial charge in [0, 0.05) is 16.8 Å². The largest absolute Gasteiger partial charge is 0.493 e. The van der Waals surface area contributed by atoms with Gasteiger partial charge in [0.15, 0.2) is 11.5 Å². The molecule has 1 aromatic carbocycles. The minimum Gasteiger partial charge on any atom is -0.493 e. The fourth-order valence-corrected chi connectivity index (χ4v) is 3.83.